The molecule has 8 heteroatoms. The number of quaternary nitrogens is 1. The molecule has 0 bridgehead atoms. The molecule has 3 rings (SSSR count). The van der Waals surface area contributed by atoms with E-state index in [2.05, 4.69) is 5.32 Å². The molecular weight excluding hydrogens is 374 g/mol. The fraction of sp³-hybridized carbons (Fsp3) is 0.278. The van der Waals surface area contributed by atoms with Gasteiger partial charge in [0.2, 0.25) is 10.0 Å². The number of amides is 1. The minimum atomic E-state index is -3.61. The lowest BCUT2D eigenvalue weighted by atomic mass is 10.3. The van der Waals surface area contributed by atoms with E-state index in [-0.39, 0.29) is 15.8 Å². The summed E-state index contributed by atoms with van der Waals surface area (Å²) >= 11 is 6.04. The smallest absolute Gasteiger partial charge is 0.279 e. The van der Waals surface area contributed by atoms with Gasteiger partial charge in [-0.2, -0.15) is 4.31 Å². The Morgan fingerprint density at radius 2 is 1.65 bits per heavy atom. The molecule has 1 amide bonds. The Morgan fingerprint density at radius 1 is 1.04 bits per heavy atom. The lowest BCUT2D eigenvalue weighted by Gasteiger charge is -2.31. The maximum Gasteiger partial charge on any atom is 0.279 e. The highest BCUT2D eigenvalue weighted by Crippen LogP contribution is 2.23. The number of hydrogen-bond donors (Lipinski definition) is 2. The van der Waals surface area contributed by atoms with Crippen LogP contribution in [-0.2, 0) is 14.8 Å². The third-order valence-corrected chi connectivity index (χ3v) is 6.75. The topological polar surface area (TPSA) is 70.9 Å². The van der Waals surface area contributed by atoms with E-state index < -0.39 is 10.0 Å². The molecule has 0 aliphatic carbocycles. The summed E-state index contributed by atoms with van der Waals surface area (Å²) in [6, 6.07) is 15.7. The zero-order chi connectivity index (χ0) is 18.6. The van der Waals surface area contributed by atoms with Crippen LogP contribution in [0.4, 0.5) is 5.69 Å². The van der Waals surface area contributed by atoms with Gasteiger partial charge in [0.05, 0.1) is 31.2 Å². The number of hydrogen-bond acceptors (Lipinski definition) is 3. The van der Waals surface area contributed by atoms with E-state index in [0.717, 1.165) is 10.6 Å². The van der Waals surface area contributed by atoms with Gasteiger partial charge in [-0.05, 0) is 24.3 Å². The number of sulfonamides is 1. The summed E-state index contributed by atoms with van der Waals surface area (Å²) in [5.74, 6) is -0.0754. The zero-order valence-electron chi connectivity index (χ0n) is 14.2. The number of halogens is 1. The molecule has 0 aromatic heterocycles. The molecule has 1 aliphatic heterocycles. The van der Waals surface area contributed by atoms with Crippen LogP contribution in [0.25, 0.3) is 0 Å². The number of nitrogens with zero attached hydrogens (tertiary/aromatic N) is 1. The summed E-state index contributed by atoms with van der Waals surface area (Å²) in [6.07, 6.45) is 0. The molecule has 0 atom stereocenters. The Kier molecular flexibility index (Phi) is 5.93. The molecule has 1 saturated heterocycles. The van der Waals surface area contributed by atoms with Crippen molar-refractivity contribution in [3.05, 3.63) is 59.6 Å². The van der Waals surface area contributed by atoms with Crippen LogP contribution in [0.2, 0.25) is 5.02 Å². The number of rotatable bonds is 5. The maximum absolute atomic E-state index is 12.7. The van der Waals surface area contributed by atoms with Crippen molar-refractivity contribution in [3.63, 3.8) is 0 Å². The summed E-state index contributed by atoms with van der Waals surface area (Å²) < 4.78 is 26.9. The van der Waals surface area contributed by atoms with E-state index in [1.54, 1.807) is 18.2 Å². The fourth-order valence-electron chi connectivity index (χ4n) is 2.97. The molecule has 1 heterocycles. The van der Waals surface area contributed by atoms with Gasteiger partial charge >= 0.3 is 0 Å². The maximum atomic E-state index is 12.7. The van der Waals surface area contributed by atoms with Gasteiger partial charge in [0.15, 0.2) is 6.54 Å². The van der Waals surface area contributed by atoms with E-state index in [1.165, 1.54) is 10.4 Å². The molecule has 0 radical (unpaired) electrons. The summed E-state index contributed by atoms with van der Waals surface area (Å²) in [4.78, 5) is 13.3. The van der Waals surface area contributed by atoms with E-state index in [0.29, 0.717) is 32.7 Å². The number of anilines is 1. The fourth-order valence-corrected chi connectivity index (χ4v) is 4.90. The van der Waals surface area contributed by atoms with Crippen molar-refractivity contribution in [2.45, 2.75) is 4.90 Å². The summed E-state index contributed by atoms with van der Waals surface area (Å²) in [5, 5.41) is 3.08. The van der Waals surface area contributed by atoms with Gasteiger partial charge in [0.25, 0.3) is 5.91 Å². The molecule has 0 spiro atoms. The van der Waals surface area contributed by atoms with Gasteiger partial charge in [-0.25, -0.2) is 8.42 Å². The molecule has 2 aromatic carbocycles. The van der Waals surface area contributed by atoms with Gasteiger partial charge in [-0.1, -0.05) is 41.9 Å². The highest BCUT2D eigenvalue weighted by Gasteiger charge is 2.32. The van der Waals surface area contributed by atoms with Gasteiger partial charge in [-0.15, -0.1) is 0 Å². The lowest BCUT2D eigenvalue weighted by molar-refractivity contribution is -0.895. The van der Waals surface area contributed by atoms with Crippen LogP contribution >= 0.6 is 11.6 Å². The molecular formula is C18H21ClN3O3S+. The average molecular weight is 395 g/mol. The molecule has 26 heavy (non-hydrogen) atoms. The van der Waals surface area contributed by atoms with Crippen molar-refractivity contribution < 1.29 is 18.1 Å². The van der Waals surface area contributed by atoms with Gasteiger partial charge in [0, 0.05) is 5.69 Å². The Balaban J connectivity index is 1.56. The first-order valence-electron chi connectivity index (χ1n) is 8.40. The third kappa shape index (κ3) is 4.42. The molecule has 1 aliphatic rings. The normalized spacial score (nSPS) is 16.3. The molecule has 0 unspecified atom stereocenters. The predicted octanol–water partition coefficient (Wildman–Crippen LogP) is 0.868. The SMILES string of the molecule is O=C(C[NH+]1CCN(S(=O)(=O)c2ccccc2Cl)CC1)Nc1ccccc1. The molecule has 2 N–H and O–H groups in total. The largest absolute Gasteiger partial charge is 0.325 e. The van der Waals surface area contributed by atoms with Crippen LogP contribution in [0.3, 0.4) is 0 Å². The summed E-state index contributed by atoms with van der Waals surface area (Å²) in [7, 11) is -3.61. The van der Waals surface area contributed by atoms with Crippen molar-refractivity contribution in [3.8, 4) is 0 Å². The van der Waals surface area contributed by atoms with Crippen LogP contribution in [-0.4, -0.2) is 51.4 Å². The number of para-hydroxylation sites is 1. The Labute approximate surface area is 158 Å². The number of carbonyl (C=O) groups excluding carboxylic acids is 1. The Morgan fingerprint density at radius 3 is 2.31 bits per heavy atom. The first kappa shape index (κ1) is 18.8. The van der Waals surface area contributed by atoms with Gasteiger partial charge in [-0.3, -0.25) is 4.79 Å². The third-order valence-electron chi connectivity index (χ3n) is 4.35. The van der Waals surface area contributed by atoms with E-state index >= 15 is 0 Å². The Hall–Kier alpha value is -1.93. The number of benzene rings is 2. The van der Waals surface area contributed by atoms with Crippen molar-refractivity contribution in [2.75, 3.05) is 38.0 Å². The second kappa shape index (κ2) is 8.18. The first-order chi connectivity index (χ1) is 12.5. The second-order valence-electron chi connectivity index (χ2n) is 6.18. The summed E-state index contributed by atoms with van der Waals surface area (Å²) in [5.41, 5.74) is 0.761. The quantitative estimate of drug-likeness (QED) is 0.790. The minimum Gasteiger partial charge on any atom is -0.325 e. The predicted molar refractivity (Wildman–Crippen MR) is 101 cm³/mol. The Bertz CT molecular complexity index is 866. The summed E-state index contributed by atoms with van der Waals surface area (Å²) in [6.45, 7) is 2.19. The van der Waals surface area contributed by atoms with E-state index in [4.69, 9.17) is 11.6 Å². The van der Waals surface area contributed by atoms with Crippen LogP contribution in [0.15, 0.2) is 59.5 Å². The van der Waals surface area contributed by atoms with Crippen LogP contribution in [0.1, 0.15) is 0 Å². The van der Waals surface area contributed by atoms with Crippen molar-refractivity contribution in [1.29, 1.82) is 0 Å². The molecule has 138 valence electrons. The standard InChI is InChI=1S/C18H20ClN3O3S/c19-16-8-4-5-9-17(16)26(24,25)22-12-10-21(11-13-22)14-18(23)20-15-6-2-1-3-7-15/h1-9H,10-14H2,(H,20,23)/p+1. The van der Waals surface area contributed by atoms with E-state index in [1.807, 2.05) is 30.3 Å². The van der Waals surface area contributed by atoms with Gasteiger partial charge < -0.3 is 10.2 Å². The molecule has 6 nitrogen and oxygen atoms in total. The van der Waals surface area contributed by atoms with Crippen LogP contribution in [0, 0.1) is 0 Å². The number of nitrogens with one attached hydrogen (secondary N) is 2. The zero-order valence-corrected chi connectivity index (χ0v) is 15.8. The highest BCUT2D eigenvalue weighted by atomic mass is 35.5. The molecule has 2 aromatic rings. The minimum absolute atomic E-state index is 0.0754. The van der Waals surface area contributed by atoms with Crippen LogP contribution < -0.4 is 10.2 Å². The number of piperazine rings is 1. The number of carbonyl (C=O) groups is 1. The van der Waals surface area contributed by atoms with Crippen molar-refractivity contribution >= 4 is 33.2 Å². The van der Waals surface area contributed by atoms with Crippen molar-refractivity contribution in [2.24, 2.45) is 0 Å². The first-order valence-corrected chi connectivity index (χ1v) is 10.2. The molecule has 1 fully saturated rings. The average Bonchev–Trinajstić information content (AvgIpc) is 2.63. The van der Waals surface area contributed by atoms with E-state index in [9.17, 15) is 13.2 Å². The lowest BCUT2D eigenvalue weighted by Crippen LogP contribution is -3.15. The highest BCUT2D eigenvalue weighted by molar-refractivity contribution is 7.89. The van der Waals surface area contributed by atoms with Crippen LogP contribution in [0.5, 0.6) is 0 Å². The van der Waals surface area contributed by atoms with Crippen molar-refractivity contribution in [1.82, 2.24) is 4.31 Å². The monoisotopic (exact) mass is 394 g/mol. The second-order valence-corrected chi connectivity index (χ2v) is 8.49. The molecule has 0 saturated carbocycles. The van der Waals surface area contributed by atoms with Gasteiger partial charge in [0.1, 0.15) is 4.90 Å².